The topological polar surface area (TPSA) is 77.0 Å². The first-order chi connectivity index (χ1) is 9.65. The molecule has 6 heteroatoms. The number of nitrogen functional groups attached to an aromatic ring is 1. The van der Waals surface area contributed by atoms with Gasteiger partial charge in [-0.1, -0.05) is 35.0 Å². The zero-order chi connectivity index (χ0) is 14.1. The molecular weight excluding hydrogens is 276 g/mol. The summed E-state index contributed by atoms with van der Waals surface area (Å²) >= 11 is 5.86. The van der Waals surface area contributed by atoms with Crippen LogP contribution in [0.15, 0.2) is 48.5 Å². The highest BCUT2D eigenvalue weighted by Crippen LogP contribution is 2.27. The van der Waals surface area contributed by atoms with E-state index in [-0.39, 0.29) is 5.75 Å². The molecule has 3 aromatic rings. The Morgan fingerprint density at radius 1 is 1.10 bits per heavy atom. The van der Waals surface area contributed by atoms with E-state index in [4.69, 9.17) is 17.3 Å². The molecule has 3 N–H and O–H groups in total. The molecule has 0 unspecified atom stereocenters. The minimum absolute atomic E-state index is 0.144. The highest BCUT2D eigenvalue weighted by molar-refractivity contribution is 6.30. The lowest BCUT2D eigenvalue weighted by atomic mass is 10.1. The SMILES string of the molecule is Nc1c(-c2ccc(Cl)cc2)nnn1-c1cccc(O)c1. The smallest absolute Gasteiger partial charge is 0.155 e. The molecule has 0 fully saturated rings. The average Bonchev–Trinajstić information content (AvgIpc) is 2.82. The van der Waals surface area contributed by atoms with Crippen molar-refractivity contribution in [3.8, 4) is 22.7 Å². The van der Waals surface area contributed by atoms with Gasteiger partial charge in [0, 0.05) is 16.7 Å². The molecule has 1 heterocycles. The lowest BCUT2D eigenvalue weighted by Gasteiger charge is -2.04. The number of aromatic nitrogens is 3. The summed E-state index contributed by atoms with van der Waals surface area (Å²) in [7, 11) is 0. The molecule has 100 valence electrons. The van der Waals surface area contributed by atoms with Gasteiger partial charge < -0.3 is 10.8 Å². The van der Waals surface area contributed by atoms with Gasteiger partial charge >= 0.3 is 0 Å². The Labute approximate surface area is 120 Å². The summed E-state index contributed by atoms with van der Waals surface area (Å²) in [5.41, 5.74) is 8.13. The zero-order valence-corrected chi connectivity index (χ0v) is 11.1. The van der Waals surface area contributed by atoms with Crippen molar-refractivity contribution in [3.05, 3.63) is 53.6 Å². The van der Waals surface area contributed by atoms with Gasteiger partial charge in [-0.25, -0.2) is 0 Å². The lowest BCUT2D eigenvalue weighted by Crippen LogP contribution is -2.02. The summed E-state index contributed by atoms with van der Waals surface area (Å²) in [5, 5.41) is 18.3. The van der Waals surface area contributed by atoms with E-state index in [1.54, 1.807) is 36.4 Å². The molecule has 0 amide bonds. The molecule has 1 aromatic heterocycles. The average molecular weight is 287 g/mol. The van der Waals surface area contributed by atoms with E-state index in [2.05, 4.69) is 10.3 Å². The number of aromatic hydroxyl groups is 1. The largest absolute Gasteiger partial charge is 0.508 e. The molecule has 0 atom stereocenters. The first kappa shape index (κ1) is 12.5. The summed E-state index contributed by atoms with van der Waals surface area (Å²) in [4.78, 5) is 0. The summed E-state index contributed by atoms with van der Waals surface area (Å²) in [6.45, 7) is 0. The van der Waals surface area contributed by atoms with E-state index in [0.29, 0.717) is 22.2 Å². The third kappa shape index (κ3) is 2.19. The molecule has 0 aliphatic carbocycles. The fourth-order valence-electron chi connectivity index (χ4n) is 1.92. The van der Waals surface area contributed by atoms with Crippen LogP contribution in [0, 0.1) is 0 Å². The fourth-order valence-corrected chi connectivity index (χ4v) is 2.04. The van der Waals surface area contributed by atoms with Crippen LogP contribution in [0.2, 0.25) is 5.02 Å². The molecule has 2 aromatic carbocycles. The summed E-state index contributed by atoms with van der Waals surface area (Å²) in [5.74, 6) is 0.545. The zero-order valence-electron chi connectivity index (χ0n) is 10.4. The first-order valence-electron chi connectivity index (χ1n) is 5.91. The number of hydrogen-bond donors (Lipinski definition) is 2. The van der Waals surface area contributed by atoms with Crippen LogP contribution in [-0.4, -0.2) is 20.1 Å². The third-order valence-electron chi connectivity index (χ3n) is 2.90. The van der Waals surface area contributed by atoms with E-state index in [1.165, 1.54) is 4.68 Å². The van der Waals surface area contributed by atoms with Gasteiger partial charge in [0.05, 0.1) is 5.69 Å². The van der Waals surface area contributed by atoms with Gasteiger partial charge in [0.25, 0.3) is 0 Å². The number of phenolic OH excluding ortho intramolecular Hbond substituents is 1. The van der Waals surface area contributed by atoms with Gasteiger partial charge in [-0.05, 0) is 24.3 Å². The van der Waals surface area contributed by atoms with Gasteiger partial charge in [0.2, 0.25) is 0 Å². The molecule has 5 nitrogen and oxygen atoms in total. The maximum Gasteiger partial charge on any atom is 0.155 e. The summed E-state index contributed by atoms with van der Waals surface area (Å²) in [6, 6.07) is 13.8. The van der Waals surface area contributed by atoms with E-state index in [9.17, 15) is 5.11 Å². The van der Waals surface area contributed by atoms with Crippen LogP contribution in [0.25, 0.3) is 16.9 Å². The number of rotatable bonds is 2. The van der Waals surface area contributed by atoms with Gasteiger partial charge in [0.15, 0.2) is 5.82 Å². The Bertz CT molecular complexity index is 752. The number of benzene rings is 2. The van der Waals surface area contributed by atoms with Gasteiger partial charge in [-0.15, -0.1) is 5.10 Å². The summed E-state index contributed by atoms with van der Waals surface area (Å²) in [6.07, 6.45) is 0. The number of halogens is 1. The Morgan fingerprint density at radius 3 is 2.55 bits per heavy atom. The molecule has 0 bridgehead atoms. The van der Waals surface area contributed by atoms with Crippen molar-refractivity contribution < 1.29 is 5.11 Å². The Kier molecular flexibility index (Phi) is 3.04. The molecule has 0 spiro atoms. The Hall–Kier alpha value is -2.53. The standard InChI is InChI=1S/C14H11ClN4O/c15-10-6-4-9(5-7-10)13-14(16)19(18-17-13)11-2-1-3-12(20)8-11/h1-8,20H,16H2. The van der Waals surface area contributed by atoms with Crippen molar-refractivity contribution in [2.24, 2.45) is 0 Å². The van der Waals surface area contributed by atoms with Crippen molar-refractivity contribution in [3.63, 3.8) is 0 Å². The maximum atomic E-state index is 9.50. The van der Waals surface area contributed by atoms with Crippen LogP contribution >= 0.6 is 11.6 Å². The Balaban J connectivity index is 2.07. The van der Waals surface area contributed by atoms with Gasteiger partial charge in [0.1, 0.15) is 11.4 Å². The van der Waals surface area contributed by atoms with Crippen LogP contribution in [0.1, 0.15) is 0 Å². The Morgan fingerprint density at radius 2 is 1.85 bits per heavy atom. The number of nitrogens with two attached hydrogens (primary N) is 1. The number of anilines is 1. The predicted octanol–water partition coefficient (Wildman–Crippen LogP) is 2.88. The second-order valence-corrected chi connectivity index (χ2v) is 4.70. The maximum absolute atomic E-state index is 9.50. The molecule has 0 aliphatic rings. The normalized spacial score (nSPS) is 10.7. The van der Waals surface area contributed by atoms with E-state index in [1.807, 2.05) is 12.1 Å². The van der Waals surface area contributed by atoms with Crippen molar-refractivity contribution in [2.45, 2.75) is 0 Å². The van der Waals surface area contributed by atoms with Crippen molar-refractivity contribution in [2.75, 3.05) is 5.73 Å². The second-order valence-electron chi connectivity index (χ2n) is 4.26. The quantitative estimate of drug-likeness (QED) is 0.759. The molecule has 0 aliphatic heterocycles. The highest BCUT2D eigenvalue weighted by Gasteiger charge is 2.13. The predicted molar refractivity (Wildman–Crippen MR) is 77.9 cm³/mol. The van der Waals surface area contributed by atoms with Gasteiger partial charge in [-0.3, -0.25) is 0 Å². The first-order valence-corrected chi connectivity index (χ1v) is 6.29. The minimum Gasteiger partial charge on any atom is -0.508 e. The monoisotopic (exact) mass is 286 g/mol. The number of nitrogens with zero attached hydrogens (tertiary/aromatic N) is 3. The number of hydrogen-bond acceptors (Lipinski definition) is 4. The minimum atomic E-state index is 0.144. The van der Waals surface area contributed by atoms with Crippen LogP contribution in [0.5, 0.6) is 5.75 Å². The molecule has 0 radical (unpaired) electrons. The van der Waals surface area contributed by atoms with E-state index in [0.717, 1.165) is 5.56 Å². The highest BCUT2D eigenvalue weighted by atomic mass is 35.5. The molecule has 20 heavy (non-hydrogen) atoms. The molecular formula is C14H11ClN4O. The van der Waals surface area contributed by atoms with Crippen molar-refractivity contribution >= 4 is 17.4 Å². The van der Waals surface area contributed by atoms with Crippen LogP contribution in [0.3, 0.4) is 0 Å². The van der Waals surface area contributed by atoms with Crippen LogP contribution < -0.4 is 5.73 Å². The fraction of sp³-hybridized carbons (Fsp3) is 0. The van der Waals surface area contributed by atoms with E-state index >= 15 is 0 Å². The third-order valence-corrected chi connectivity index (χ3v) is 3.15. The molecule has 0 saturated carbocycles. The van der Waals surface area contributed by atoms with Crippen molar-refractivity contribution in [1.82, 2.24) is 15.0 Å². The number of phenols is 1. The second kappa shape index (κ2) is 4.86. The molecule has 0 saturated heterocycles. The lowest BCUT2D eigenvalue weighted by molar-refractivity contribution is 0.475. The van der Waals surface area contributed by atoms with Crippen molar-refractivity contribution in [1.29, 1.82) is 0 Å². The van der Waals surface area contributed by atoms with E-state index < -0.39 is 0 Å². The van der Waals surface area contributed by atoms with Crippen LogP contribution in [0.4, 0.5) is 5.82 Å². The summed E-state index contributed by atoms with van der Waals surface area (Å²) < 4.78 is 1.48. The molecule has 3 rings (SSSR count). The van der Waals surface area contributed by atoms with Crippen LogP contribution in [-0.2, 0) is 0 Å². The van der Waals surface area contributed by atoms with Gasteiger partial charge in [-0.2, -0.15) is 4.68 Å².